The Morgan fingerprint density at radius 2 is 1.91 bits per heavy atom. The van der Waals surface area contributed by atoms with Crippen molar-refractivity contribution in [1.29, 1.82) is 0 Å². The van der Waals surface area contributed by atoms with Crippen LogP contribution in [0.2, 0.25) is 0 Å². The van der Waals surface area contributed by atoms with Crippen LogP contribution in [-0.4, -0.2) is 39.0 Å². The van der Waals surface area contributed by atoms with Crippen LogP contribution in [0.1, 0.15) is 30.8 Å². The number of halogens is 2. The zero-order chi connectivity index (χ0) is 17.4. The average molecular weight is 323 g/mol. The SMILES string of the molecule is Cc1nn(-c2ccc(F)cc2F)c(C)c1CN(C)CC(C)(C)O. The highest BCUT2D eigenvalue weighted by Gasteiger charge is 2.20. The van der Waals surface area contributed by atoms with Crippen LogP contribution in [0.25, 0.3) is 5.69 Å². The van der Waals surface area contributed by atoms with Gasteiger partial charge in [0.25, 0.3) is 0 Å². The molecule has 0 saturated carbocycles. The second kappa shape index (κ2) is 6.37. The van der Waals surface area contributed by atoms with Crippen molar-refractivity contribution in [3.8, 4) is 5.69 Å². The third kappa shape index (κ3) is 4.14. The molecule has 1 heterocycles. The zero-order valence-corrected chi connectivity index (χ0v) is 14.2. The lowest BCUT2D eigenvalue weighted by Gasteiger charge is -2.25. The van der Waals surface area contributed by atoms with Gasteiger partial charge >= 0.3 is 0 Å². The summed E-state index contributed by atoms with van der Waals surface area (Å²) in [6.07, 6.45) is 0. The molecule has 0 aliphatic rings. The van der Waals surface area contributed by atoms with Crippen LogP contribution in [0.3, 0.4) is 0 Å². The highest BCUT2D eigenvalue weighted by Crippen LogP contribution is 2.22. The molecule has 1 aromatic carbocycles. The fourth-order valence-corrected chi connectivity index (χ4v) is 2.78. The van der Waals surface area contributed by atoms with Gasteiger partial charge in [-0.15, -0.1) is 0 Å². The molecule has 1 aromatic heterocycles. The van der Waals surface area contributed by atoms with Gasteiger partial charge in [0.05, 0.1) is 11.3 Å². The maximum Gasteiger partial charge on any atom is 0.151 e. The Bertz CT molecular complexity index is 705. The topological polar surface area (TPSA) is 41.3 Å². The van der Waals surface area contributed by atoms with Crippen molar-refractivity contribution in [3.63, 3.8) is 0 Å². The number of aryl methyl sites for hydroxylation is 1. The van der Waals surface area contributed by atoms with Crippen LogP contribution in [0.15, 0.2) is 18.2 Å². The Morgan fingerprint density at radius 1 is 1.26 bits per heavy atom. The first-order chi connectivity index (χ1) is 10.6. The van der Waals surface area contributed by atoms with Gasteiger partial charge in [-0.2, -0.15) is 5.10 Å². The van der Waals surface area contributed by atoms with E-state index in [0.717, 1.165) is 23.0 Å². The molecule has 0 bridgehead atoms. The van der Waals surface area contributed by atoms with E-state index in [1.54, 1.807) is 13.8 Å². The summed E-state index contributed by atoms with van der Waals surface area (Å²) in [4.78, 5) is 1.99. The summed E-state index contributed by atoms with van der Waals surface area (Å²) in [5, 5.41) is 14.3. The second-order valence-electron chi connectivity index (χ2n) is 6.64. The summed E-state index contributed by atoms with van der Waals surface area (Å²) in [6.45, 7) is 8.31. The standard InChI is InChI=1S/C17H23F2N3O/c1-11-14(9-21(5)10-17(3,4)23)12(2)22(20-11)16-7-6-13(18)8-15(16)19/h6-8,23H,9-10H2,1-5H3. The number of aliphatic hydroxyl groups is 1. The van der Waals surface area contributed by atoms with Crippen molar-refractivity contribution >= 4 is 0 Å². The fraction of sp³-hybridized carbons (Fsp3) is 0.471. The Morgan fingerprint density at radius 3 is 2.48 bits per heavy atom. The van der Waals surface area contributed by atoms with Gasteiger partial charge in [-0.3, -0.25) is 4.90 Å². The molecule has 0 aliphatic heterocycles. The lowest BCUT2D eigenvalue weighted by atomic mass is 10.1. The van der Waals surface area contributed by atoms with Gasteiger partial charge in [-0.05, 0) is 46.9 Å². The average Bonchev–Trinajstić information content (AvgIpc) is 2.64. The van der Waals surface area contributed by atoms with E-state index in [1.807, 2.05) is 25.8 Å². The van der Waals surface area contributed by atoms with Crippen LogP contribution < -0.4 is 0 Å². The van der Waals surface area contributed by atoms with Crippen molar-refractivity contribution in [2.45, 2.75) is 39.8 Å². The largest absolute Gasteiger partial charge is 0.389 e. The van der Waals surface area contributed by atoms with Crippen LogP contribution in [0.5, 0.6) is 0 Å². The van der Waals surface area contributed by atoms with Crippen molar-refractivity contribution in [2.24, 2.45) is 0 Å². The summed E-state index contributed by atoms with van der Waals surface area (Å²) < 4.78 is 28.6. The molecule has 0 saturated heterocycles. The maximum absolute atomic E-state index is 14.0. The van der Waals surface area contributed by atoms with E-state index in [2.05, 4.69) is 5.10 Å². The van der Waals surface area contributed by atoms with Crippen LogP contribution in [0.4, 0.5) is 8.78 Å². The van der Waals surface area contributed by atoms with Gasteiger partial charge in [0.15, 0.2) is 5.82 Å². The number of hydrogen-bond acceptors (Lipinski definition) is 3. The third-order valence-corrected chi connectivity index (χ3v) is 3.66. The Kier molecular flexibility index (Phi) is 4.87. The number of rotatable bonds is 5. The van der Waals surface area contributed by atoms with Crippen LogP contribution in [0, 0.1) is 25.5 Å². The molecule has 0 atom stereocenters. The minimum atomic E-state index is -0.796. The maximum atomic E-state index is 14.0. The molecule has 0 amide bonds. The molecule has 0 radical (unpaired) electrons. The van der Waals surface area contributed by atoms with Gasteiger partial charge in [0.2, 0.25) is 0 Å². The predicted octanol–water partition coefficient (Wildman–Crippen LogP) is 2.97. The van der Waals surface area contributed by atoms with E-state index < -0.39 is 17.2 Å². The molecular formula is C17H23F2N3O. The predicted molar refractivity (Wildman–Crippen MR) is 85.6 cm³/mol. The number of nitrogens with zero attached hydrogens (tertiary/aromatic N) is 3. The van der Waals surface area contributed by atoms with Crippen molar-refractivity contribution in [3.05, 3.63) is 46.8 Å². The Labute approximate surface area is 135 Å². The quantitative estimate of drug-likeness (QED) is 0.920. The summed E-state index contributed by atoms with van der Waals surface area (Å²) in [7, 11) is 1.91. The number of hydrogen-bond donors (Lipinski definition) is 1. The van der Waals surface area contributed by atoms with Gasteiger partial charge < -0.3 is 5.11 Å². The molecule has 23 heavy (non-hydrogen) atoms. The molecule has 1 N–H and O–H groups in total. The van der Waals surface area contributed by atoms with Crippen molar-refractivity contribution < 1.29 is 13.9 Å². The summed E-state index contributed by atoms with van der Waals surface area (Å²) in [6, 6.07) is 3.45. The fourth-order valence-electron chi connectivity index (χ4n) is 2.78. The van der Waals surface area contributed by atoms with Crippen molar-refractivity contribution in [1.82, 2.24) is 14.7 Å². The number of benzene rings is 1. The molecule has 0 unspecified atom stereocenters. The molecule has 0 fully saturated rings. The normalized spacial score (nSPS) is 12.2. The molecular weight excluding hydrogens is 300 g/mol. The first-order valence-electron chi connectivity index (χ1n) is 7.50. The van der Waals surface area contributed by atoms with E-state index in [-0.39, 0.29) is 5.69 Å². The minimum absolute atomic E-state index is 0.225. The molecule has 2 rings (SSSR count). The lowest BCUT2D eigenvalue weighted by Crippen LogP contribution is -2.36. The molecule has 126 valence electrons. The smallest absolute Gasteiger partial charge is 0.151 e. The van der Waals surface area contributed by atoms with Crippen LogP contribution in [-0.2, 0) is 6.54 Å². The van der Waals surface area contributed by atoms with E-state index in [4.69, 9.17) is 0 Å². The second-order valence-corrected chi connectivity index (χ2v) is 6.64. The minimum Gasteiger partial charge on any atom is -0.389 e. The molecule has 0 spiro atoms. The van der Waals surface area contributed by atoms with Gasteiger partial charge in [0, 0.05) is 30.4 Å². The number of aromatic nitrogens is 2. The number of likely N-dealkylation sites (N-methyl/N-ethyl adjacent to an activating group) is 1. The van der Waals surface area contributed by atoms with E-state index in [1.165, 1.54) is 16.8 Å². The highest BCUT2D eigenvalue weighted by atomic mass is 19.1. The first kappa shape index (κ1) is 17.6. The Hall–Kier alpha value is -1.79. The molecule has 0 aliphatic carbocycles. The summed E-state index contributed by atoms with van der Waals surface area (Å²) in [5.74, 6) is -1.26. The Balaban J connectivity index is 2.33. The van der Waals surface area contributed by atoms with Crippen molar-refractivity contribution in [2.75, 3.05) is 13.6 Å². The lowest BCUT2D eigenvalue weighted by molar-refractivity contribution is 0.0423. The van der Waals surface area contributed by atoms with E-state index in [0.29, 0.717) is 13.1 Å². The monoisotopic (exact) mass is 323 g/mol. The molecule has 6 heteroatoms. The zero-order valence-electron chi connectivity index (χ0n) is 14.2. The highest BCUT2D eigenvalue weighted by molar-refractivity contribution is 5.38. The molecule has 2 aromatic rings. The van der Waals surface area contributed by atoms with Crippen LogP contribution >= 0.6 is 0 Å². The van der Waals surface area contributed by atoms with Gasteiger partial charge in [0.1, 0.15) is 11.5 Å². The third-order valence-electron chi connectivity index (χ3n) is 3.66. The summed E-state index contributed by atoms with van der Waals surface area (Å²) in [5.41, 5.74) is 1.99. The van der Waals surface area contributed by atoms with E-state index in [9.17, 15) is 13.9 Å². The first-order valence-corrected chi connectivity index (χ1v) is 7.50. The molecule has 4 nitrogen and oxygen atoms in total. The summed E-state index contributed by atoms with van der Waals surface area (Å²) >= 11 is 0. The van der Waals surface area contributed by atoms with E-state index >= 15 is 0 Å². The van der Waals surface area contributed by atoms with Gasteiger partial charge in [-0.1, -0.05) is 0 Å². The van der Waals surface area contributed by atoms with Gasteiger partial charge in [-0.25, -0.2) is 13.5 Å².